The summed E-state index contributed by atoms with van der Waals surface area (Å²) in [5.41, 5.74) is 0. The summed E-state index contributed by atoms with van der Waals surface area (Å²) in [6.07, 6.45) is 0.266. The Morgan fingerprint density at radius 2 is 1.92 bits per heavy atom. The van der Waals surface area contributed by atoms with Crippen molar-refractivity contribution in [3.8, 4) is 0 Å². The zero-order chi connectivity index (χ0) is 9.40. The normalized spacial score (nSPS) is 9.23. The molecule has 0 aromatic heterocycles. The number of hydrogen-bond acceptors (Lipinski definition) is 4. The molecule has 0 heterocycles. The van der Waals surface area contributed by atoms with Crippen LogP contribution in [0.25, 0.3) is 0 Å². The molecular formula is C8H18ClNO3. The highest BCUT2D eigenvalue weighted by Gasteiger charge is 2.00. The Hall–Kier alpha value is -0.480. The van der Waals surface area contributed by atoms with Crippen LogP contribution in [-0.4, -0.2) is 44.9 Å². The van der Waals surface area contributed by atoms with Crippen molar-refractivity contribution < 1.29 is 14.3 Å². The van der Waals surface area contributed by atoms with Crippen LogP contribution in [0.1, 0.15) is 13.3 Å². The van der Waals surface area contributed by atoms with Crippen molar-refractivity contribution in [1.82, 2.24) is 4.90 Å². The van der Waals surface area contributed by atoms with E-state index < -0.39 is 6.16 Å². The fraction of sp³-hybridized carbons (Fsp3) is 0.875. The predicted molar refractivity (Wildman–Crippen MR) is 53.4 cm³/mol. The first-order valence-electron chi connectivity index (χ1n) is 4.11. The van der Waals surface area contributed by atoms with Crippen molar-refractivity contribution in [2.75, 3.05) is 33.9 Å². The van der Waals surface area contributed by atoms with Crippen molar-refractivity contribution in [2.45, 2.75) is 13.3 Å². The molecule has 0 amide bonds. The number of carbonyl (C=O) groups excluding carboxylic acids is 1. The first kappa shape index (κ1) is 15.0. The van der Waals surface area contributed by atoms with E-state index in [2.05, 4.69) is 4.74 Å². The molecule has 0 saturated carbocycles. The summed E-state index contributed by atoms with van der Waals surface area (Å²) in [5.74, 6) is 0. The molecule has 5 heteroatoms. The van der Waals surface area contributed by atoms with E-state index in [-0.39, 0.29) is 12.4 Å². The molecule has 0 bridgehead atoms. The van der Waals surface area contributed by atoms with E-state index in [1.807, 2.05) is 19.0 Å². The summed E-state index contributed by atoms with van der Waals surface area (Å²) in [5, 5.41) is 0. The number of carbonyl (C=O) groups is 1. The highest BCUT2D eigenvalue weighted by Crippen LogP contribution is 1.89. The van der Waals surface area contributed by atoms with E-state index in [1.165, 1.54) is 0 Å². The van der Waals surface area contributed by atoms with Gasteiger partial charge in [-0.05, 0) is 27.4 Å². The zero-order valence-corrected chi connectivity index (χ0v) is 9.23. The molecule has 0 aliphatic carbocycles. The van der Waals surface area contributed by atoms with E-state index in [9.17, 15) is 4.79 Å². The van der Waals surface area contributed by atoms with Crippen LogP contribution in [0.5, 0.6) is 0 Å². The summed E-state index contributed by atoms with van der Waals surface area (Å²) >= 11 is 0. The summed E-state index contributed by atoms with van der Waals surface area (Å²) in [4.78, 5) is 12.7. The van der Waals surface area contributed by atoms with Gasteiger partial charge in [-0.1, -0.05) is 0 Å². The van der Waals surface area contributed by atoms with Crippen LogP contribution < -0.4 is 0 Å². The van der Waals surface area contributed by atoms with Crippen LogP contribution in [0.4, 0.5) is 4.79 Å². The quantitative estimate of drug-likeness (QED) is 0.511. The topological polar surface area (TPSA) is 38.8 Å². The van der Waals surface area contributed by atoms with Crippen molar-refractivity contribution in [2.24, 2.45) is 0 Å². The number of halogens is 1. The minimum Gasteiger partial charge on any atom is -0.435 e. The Bertz CT molecular complexity index is 131. The molecule has 0 aliphatic rings. The van der Waals surface area contributed by atoms with Gasteiger partial charge in [0.05, 0.1) is 13.2 Å². The van der Waals surface area contributed by atoms with Crippen molar-refractivity contribution in [1.29, 1.82) is 0 Å². The maximum atomic E-state index is 10.6. The third-order valence-electron chi connectivity index (χ3n) is 1.23. The number of hydrogen-bond donors (Lipinski definition) is 0. The summed E-state index contributed by atoms with van der Waals surface area (Å²) in [7, 11) is 3.95. The number of rotatable bonds is 5. The predicted octanol–water partition coefficient (Wildman–Crippen LogP) is 1.53. The smallest absolute Gasteiger partial charge is 0.435 e. The Balaban J connectivity index is 0. The maximum absolute atomic E-state index is 10.6. The largest absolute Gasteiger partial charge is 0.508 e. The van der Waals surface area contributed by atoms with E-state index in [1.54, 1.807) is 6.92 Å². The highest BCUT2D eigenvalue weighted by atomic mass is 35.5. The Morgan fingerprint density at radius 3 is 2.38 bits per heavy atom. The van der Waals surface area contributed by atoms with Crippen molar-refractivity contribution >= 4 is 18.6 Å². The SMILES string of the molecule is CCOC(=O)OCCCN(C)C.Cl. The van der Waals surface area contributed by atoms with Crippen molar-refractivity contribution in [3.63, 3.8) is 0 Å². The molecule has 0 N–H and O–H groups in total. The first-order valence-corrected chi connectivity index (χ1v) is 4.11. The summed E-state index contributed by atoms with van der Waals surface area (Å²) in [6, 6.07) is 0. The molecule has 0 spiro atoms. The fourth-order valence-electron chi connectivity index (χ4n) is 0.696. The Morgan fingerprint density at radius 1 is 1.31 bits per heavy atom. The van der Waals surface area contributed by atoms with Gasteiger partial charge in [-0.3, -0.25) is 0 Å². The lowest BCUT2D eigenvalue weighted by molar-refractivity contribution is 0.0570. The first-order chi connectivity index (χ1) is 5.66. The van der Waals surface area contributed by atoms with Gasteiger partial charge in [0.15, 0.2) is 0 Å². The van der Waals surface area contributed by atoms with Gasteiger partial charge in [-0.15, -0.1) is 12.4 Å². The van der Waals surface area contributed by atoms with E-state index in [0.29, 0.717) is 13.2 Å². The van der Waals surface area contributed by atoms with E-state index in [0.717, 1.165) is 13.0 Å². The monoisotopic (exact) mass is 211 g/mol. The molecule has 4 nitrogen and oxygen atoms in total. The van der Waals surface area contributed by atoms with Crippen LogP contribution in [0.3, 0.4) is 0 Å². The van der Waals surface area contributed by atoms with Gasteiger partial charge < -0.3 is 14.4 Å². The van der Waals surface area contributed by atoms with Gasteiger partial charge in [-0.2, -0.15) is 0 Å². The molecule has 0 saturated heterocycles. The average molecular weight is 212 g/mol. The van der Waals surface area contributed by atoms with Gasteiger partial charge >= 0.3 is 6.16 Å². The second-order valence-electron chi connectivity index (χ2n) is 2.69. The van der Waals surface area contributed by atoms with Gasteiger partial charge in [0.25, 0.3) is 0 Å². The van der Waals surface area contributed by atoms with Gasteiger partial charge in [-0.25, -0.2) is 4.79 Å². The second-order valence-corrected chi connectivity index (χ2v) is 2.69. The van der Waals surface area contributed by atoms with E-state index in [4.69, 9.17) is 4.74 Å². The third-order valence-corrected chi connectivity index (χ3v) is 1.23. The molecule has 0 unspecified atom stereocenters. The lowest BCUT2D eigenvalue weighted by Crippen LogP contribution is -2.16. The molecule has 0 radical (unpaired) electrons. The third kappa shape index (κ3) is 11.5. The van der Waals surface area contributed by atoms with Crippen molar-refractivity contribution in [3.05, 3.63) is 0 Å². The Labute approximate surface area is 85.6 Å². The van der Waals surface area contributed by atoms with Crippen LogP contribution >= 0.6 is 12.4 Å². The fourth-order valence-corrected chi connectivity index (χ4v) is 0.696. The molecule has 0 fully saturated rings. The van der Waals surface area contributed by atoms with Gasteiger partial charge in [0.1, 0.15) is 0 Å². The molecule has 0 aliphatic heterocycles. The molecule has 13 heavy (non-hydrogen) atoms. The summed E-state index contributed by atoms with van der Waals surface area (Å²) in [6.45, 7) is 3.46. The van der Waals surface area contributed by atoms with Crippen LogP contribution in [-0.2, 0) is 9.47 Å². The Kier molecular flexibility index (Phi) is 11.1. The van der Waals surface area contributed by atoms with Gasteiger partial charge in [0, 0.05) is 6.54 Å². The van der Waals surface area contributed by atoms with Crippen LogP contribution in [0, 0.1) is 0 Å². The molecule has 0 atom stereocenters. The molecule has 0 aromatic carbocycles. The highest BCUT2D eigenvalue weighted by molar-refractivity contribution is 5.85. The van der Waals surface area contributed by atoms with Crippen LogP contribution in [0.2, 0.25) is 0 Å². The minimum absolute atomic E-state index is 0. The molecule has 0 aromatic rings. The zero-order valence-electron chi connectivity index (χ0n) is 8.41. The standard InChI is InChI=1S/C8H17NO3.ClH/c1-4-11-8(10)12-7-5-6-9(2)3;/h4-7H2,1-3H3;1H. The number of nitrogens with zero attached hydrogens (tertiary/aromatic N) is 1. The minimum atomic E-state index is -0.573. The van der Waals surface area contributed by atoms with E-state index >= 15 is 0 Å². The second kappa shape index (κ2) is 9.61. The van der Waals surface area contributed by atoms with Gasteiger partial charge in [0.2, 0.25) is 0 Å². The molecular weight excluding hydrogens is 194 g/mol. The maximum Gasteiger partial charge on any atom is 0.508 e. The lowest BCUT2D eigenvalue weighted by atomic mass is 10.4. The lowest BCUT2D eigenvalue weighted by Gasteiger charge is -2.08. The average Bonchev–Trinajstić information content (AvgIpc) is 1.98. The number of ether oxygens (including phenoxy) is 2. The van der Waals surface area contributed by atoms with Crippen LogP contribution in [0.15, 0.2) is 0 Å². The molecule has 0 rings (SSSR count). The molecule has 80 valence electrons. The summed E-state index contributed by atoms with van der Waals surface area (Å²) < 4.78 is 9.32.